The number of carbonyl (C=O) groups is 1. The van der Waals surface area contributed by atoms with Gasteiger partial charge in [0.1, 0.15) is 35.0 Å². The summed E-state index contributed by atoms with van der Waals surface area (Å²) in [4.78, 5) is 12.8. The third-order valence-corrected chi connectivity index (χ3v) is 9.13. The number of halogens is 1. The number of benzene rings is 6. The fourth-order valence-electron chi connectivity index (χ4n) is 5.77. The summed E-state index contributed by atoms with van der Waals surface area (Å²) in [5, 5.41) is 73.1. The van der Waals surface area contributed by atoms with E-state index in [1.807, 2.05) is 24.3 Å². The average Bonchev–Trinajstić information content (AvgIpc) is 3.27. The number of carbonyl (C=O) groups excluding carboxylic acids is 1. The highest BCUT2D eigenvalue weighted by Crippen LogP contribution is 2.19. The molecular formula is C45H45ClN14O. The second-order valence-corrected chi connectivity index (χ2v) is 13.3. The number of hydrogen-bond donors (Lipinski definition) is 14. The van der Waals surface area contributed by atoms with Crippen molar-refractivity contribution in [1.82, 2.24) is 10.6 Å². The summed E-state index contributed by atoms with van der Waals surface area (Å²) in [6.07, 6.45) is 0. The lowest BCUT2D eigenvalue weighted by Gasteiger charge is -2.13. The van der Waals surface area contributed by atoms with Crippen molar-refractivity contribution in [3.05, 3.63) is 179 Å². The Bertz CT molecular complexity index is 2360. The average molecular weight is 833 g/mol. The van der Waals surface area contributed by atoms with Crippen LogP contribution in [0.1, 0.15) is 33.4 Å². The van der Waals surface area contributed by atoms with Crippen LogP contribution < -0.4 is 42.5 Å². The van der Waals surface area contributed by atoms with Crippen molar-refractivity contribution < 1.29 is 4.79 Å². The van der Waals surface area contributed by atoms with Gasteiger partial charge >= 0.3 is 6.03 Å². The predicted molar refractivity (Wildman–Crippen MR) is 252 cm³/mol. The van der Waals surface area contributed by atoms with Crippen molar-refractivity contribution >= 4 is 87.6 Å². The van der Waals surface area contributed by atoms with Gasteiger partial charge in [-0.25, -0.2) is 4.79 Å². The highest BCUT2D eigenvalue weighted by atomic mass is 35.5. The minimum Gasteiger partial charge on any atom is -0.373 e. The molecule has 0 aliphatic heterocycles. The molecule has 0 atom stereocenters. The van der Waals surface area contributed by atoms with E-state index in [1.165, 1.54) is 0 Å². The van der Waals surface area contributed by atoms with Gasteiger partial charge in [0.25, 0.3) is 0 Å². The zero-order valence-electron chi connectivity index (χ0n) is 33.2. The molecule has 61 heavy (non-hydrogen) atoms. The first-order valence-corrected chi connectivity index (χ1v) is 18.6. The molecule has 0 fully saturated rings. The second-order valence-electron chi connectivity index (χ2n) is 13.3. The first-order valence-electron chi connectivity index (χ1n) is 18.6. The Hall–Kier alpha value is -8.30. The first kappa shape index (κ1) is 43.8. The molecule has 0 unspecified atom stereocenters. The molecule has 0 spiro atoms. The van der Waals surface area contributed by atoms with E-state index in [2.05, 4.69) is 42.5 Å². The van der Waals surface area contributed by atoms with E-state index < -0.39 is 6.03 Å². The number of amides is 2. The Morgan fingerprint density at radius 1 is 0.295 bits per heavy atom. The van der Waals surface area contributed by atoms with E-state index in [4.69, 9.17) is 32.5 Å². The Morgan fingerprint density at radius 3 is 0.639 bits per heavy atom. The largest absolute Gasteiger partial charge is 0.373 e. The zero-order chi connectivity index (χ0) is 42.6. The quantitative estimate of drug-likeness (QED) is 0.0422. The van der Waals surface area contributed by atoms with E-state index in [9.17, 15) is 4.79 Å². The van der Waals surface area contributed by atoms with E-state index >= 15 is 0 Å². The number of anilines is 6. The second kappa shape index (κ2) is 20.4. The molecule has 16 heteroatoms. The summed E-state index contributed by atoms with van der Waals surface area (Å²) in [6.45, 7) is 0. The van der Waals surface area contributed by atoms with Gasteiger partial charge in [0.15, 0.2) is 0 Å². The number of nitrogens with one attached hydrogen (secondary N) is 14. The molecule has 6 rings (SSSR count). The molecule has 6 aromatic rings. The molecule has 15 nitrogen and oxygen atoms in total. The Labute approximate surface area is 359 Å². The molecule has 308 valence electrons. The monoisotopic (exact) mass is 832 g/mol. The summed E-state index contributed by atoms with van der Waals surface area (Å²) < 4.78 is 0. The lowest BCUT2D eigenvalue weighted by Crippen LogP contribution is -2.20. The van der Waals surface area contributed by atoms with Crippen molar-refractivity contribution in [2.45, 2.75) is 0 Å². The molecule has 14 N–H and O–H groups in total. The van der Waals surface area contributed by atoms with Crippen molar-refractivity contribution in [3.63, 3.8) is 0 Å². The standard InChI is InChI=1S/C45H44N14O.ClH/c1-52-39(46)27-3-15-33(16-4-27)54-41(48)29-7-19-35(20-8-29)56-43(50)31-11-23-37(24-12-31)58-45(60)59-38-25-13-32(14-26-38)44(51)57-36-21-9-30(10-22-36)42(49)55-34-17-5-28(6-18-34)40(47)53-2;/h3-26H,1-2H3,(H2,46,52)(H2,47,53)(H2,48,54)(H2,49,55)(H2,50,56)(H2,51,57)(H2,58,59,60);1H. The van der Waals surface area contributed by atoms with E-state index in [0.717, 1.165) is 22.5 Å². The van der Waals surface area contributed by atoms with Crippen LogP contribution in [-0.4, -0.2) is 55.1 Å². The van der Waals surface area contributed by atoms with Gasteiger partial charge in [0.2, 0.25) is 0 Å². The van der Waals surface area contributed by atoms with Crippen LogP contribution >= 0.6 is 12.4 Å². The fourth-order valence-corrected chi connectivity index (χ4v) is 5.77. The summed E-state index contributed by atoms with van der Waals surface area (Å²) in [7, 11) is 3.39. The van der Waals surface area contributed by atoms with Gasteiger partial charge in [-0.1, -0.05) is 0 Å². The van der Waals surface area contributed by atoms with Crippen LogP contribution in [0.2, 0.25) is 0 Å². The van der Waals surface area contributed by atoms with E-state index in [-0.39, 0.29) is 35.7 Å². The minimum atomic E-state index is -0.449. The third kappa shape index (κ3) is 11.9. The number of urea groups is 1. The summed E-state index contributed by atoms with van der Waals surface area (Å²) in [5.74, 6) is 1.39. The van der Waals surface area contributed by atoms with Gasteiger partial charge in [0, 0.05) is 81.6 Å². The highest BCUT2D eigenvalue weighted by molar-refractivity contribution is 6.10. The maximum absolute atomic E-state index is 12.8. The molecule has 0 heterocycles. The Morgan fingerprint density at radius 2 is 0.459 bits per heavy atom. The van der Waals surface area contributed by atoms with E-state index in [1.54, 1.807) is 135 Å². The normalized spacial score (nSPS) is 10.1. The Kier molecular flexibility index (Phi) is 14.7. The lowest BCUT2D eigenvalue weighted by atomic mass is 10.1. The van der Waals surface area contributed by atoms with Crippen LogP contribution in [0.5, 0.6) is 0 Å². The zero-order valence-corrected chi connectivity index (χ0v) is 34.0. The SMILES string of the molecule is CNC(=N)c1ccc(NC(=N)c2ccc(NC(=N)c3ccc(NC(=O)Nc4ccc(C(=N)Nc5ccc(C(=N)Nc6ccc(C(=N)NC)cc6)cc5)cc4)cc3)cc2)cc1.Cl. The maximum Gasteiger partial charge on any atom is 0.323 e. The molecular weight excluding hydrogens is 788 g/mol. The summed E-state index contributed by atoms with van der Waals surface area (Å²) >= 11 is 0. The number of rotatable bonds is 12. The van der Waals surface area contributed by atoms with Gasteiger partial charge in [-0.15, -0.1) is 12.4 Å². The van der Waals surface area contributed by atoms with Gasteiger partial charge in [-0.2, -0.15) is 0 Å². The topological polar surface area (TPSA) is 256 Å². The molecule has 0 aliphatic carbocycles. The van der Waals surface area contributed by atoms with Gasteiger partial charge in [-0.3, -0.25) is 32.5 Å². The van der Waals surface area contributed by atoms with Gasteiger partial charge in [-0.05, 0) is 146 Å². The predicted octanol–water partition coefficient (Wildman–Crippen LogP) is 8.59. The lowest BCUT2D eigenvalue weighted by molar-refractivity contribution is 0.262. The highest BCUT2D eigenvalue weighted by Gasteiger charge is 2.10. The first-order chi connectivity index (χ1) is 29.0. The van der Waals surface area contributed by atoms with Gasteiger partial charge in [0.05, 0.1) is 0 Å². The van der Waals surface area contributed by atoms with Crippen LogP contribution in [0.3, 0.4) is 0 Å². The molecule has 2 amide bonds. The number of amidine groups is 6. The van der Waals surface area contributed by atoms with Crippen LogP contribution in [0.25, 0.3) is 0 Å². The molecule has 6 aromatic carbocycles. The van der Waals surface area contributed by atoms with Crippen molar-refractivity contribution in [2.75, 3.05) is 46.0 Å². The van der Waals surface area contributed by atoms with Crippen LogP contribution in [0.4, 0.5) is 38.9 Å². The Balaban J connectivity index is 0.00000704. The van der Waals surface area contributed by atoms with Crippen LogP contribution in [-0.2, 0) is 0 Å². The minimum absolute atomic E-state index is 0. The van der Waals surface area contributed by atoms with Crippen LogP contribution in [0.15, 0.2) is 146 Å². The fraction of sp³-hybridized carbons (Fsp3) is 0.0444. The summed E-state index contributed by atoms with van der Waals surface area (Å²) in [6, 6.07) is 42.0. The van der Waals surface area contributed by atoms with Crippen molar-refractivity contribution in [2.24, 2.45) is 0 Å². The molecule has 0 saturated carbocycles. The molecule has 0 aromatic heterocycles. The molecule has 0 radical (unpaired) electrons. The van der Waals surface area contributed by atoms with Crippen molar-refractivity contribution in [1.29, 1.82) is 32.5 Å². The van der Waals surface area contributed by atoms with Crippen LogP contribution in [0, 0.1) is 32.5 Å². The summed E-state index contributed by atoms with van der Waals surface area (Å²) in [5.41, 5.74) is 7.95. The molecule has 0 aliphatic rings. The molecule has 0 bridgehead atoms. The van der Waals surface area contributed by atoms with Gasteiger partial charge < -0.3 is 42.5 Å². The smallest absolute Gasteiger partial charge is 0.323 e. The molecule has 0 saturated heterocycles. The maximum atomic E-state index is 12.8. The third-order valence-electron chi connectivity index (χ3n) is 9.13. The van der Waals surface area contributed by atoms with E-state index in [0.29, 0.717) is 56.7 Å². The van der Waals surface area contributed by atoms with Crippen molar-refractivity contribution in [3.8, 4) is 0 Å². The number of hydrogen-bond acceptors (Lipinski definition) is 7.